The number of piperazine rings is 1. The number of carbonyl (C=O) groups excluding carboxylic acids is 1. The van der Waals surface area contributed by atoms with E-state index in [1.807, 2.05) is 24.3 Å². The number of urea groups is 1. The number of hydrogen-bond donors (Lipinski definition) is 4. The van der Waals surface area contributed by atoms with E-state index in [1.165, 1.54) is 11.9 Å². The van der Waals surface area contributed by atoms with Crippen LogP contribution in [-0.2, 0) is 6.54 Å². The zero-order valence-corrected chi connectivity index (χ0v) is 23.7. The molecule has 1 saturated heterocycles. The number of likely N-dealkylation sites (N-methyl/N-ethyl adjacent to an activating group) is 1. The van der Waals surface area contributed by atoms with Gasteiger partial charge in [-0.25, -0.2) is 9.78 Å². The van der Waals surface area contributed by atoms with Gasteiger partial charge in [0.1, 0.15) is 10.8 Å². The number of amides is 2. The Balaban J connectivity index is 1.21. The predicted octanol–water partition coefficient (Wildman–Crippen LogP) is 5.09. The molecule has 4 N–H and O–H groups in total. The van der Waals surface area contributed by atoms with Crippen molar-refractivity contribution in [2.75, 3.05) is 61.2 Å². The number of nitrogens with zero attached hydrogens (tertiary/aromatic N) is 5. The molecular weight excluding hydrogens is 542 g/mol. The number of anilines is 6. The van der Waals surface area contributed by atoms with E-state index >= 15 is 0 Å². The van der Waals surface area contributed by atoms with Crippen molar-refractivity contribution in [1.82, 2.24) is 25.2 Å². The molecule has 41 heavy (non-hydrogen) atoms. The Labute approximate surface area is 243 Å². The van der Waals surface area contributed by atoms with Gasteiger partial charge in [0.15, 0.2) is 5.82 Å². The second-order valence-electron chi connectivity index (χ2n) is 9.56. The van der Waals surface area contributed by atoms with Gasteiger partial charge >= 0.3 is 6.03 Å². The average molecular weight is 574 g/mol. The minimum atomic E-state index is -0.343. The summed E-state index contributed by atoms with van der Waals surface area (Å²) in [6.07, 6.45) is 4.92. The Morgan fingerprint density at radius 2 is 1.78 bits per heavy atom. The lowest BCUT2D eigenvalue weighted by molar-refractivity contribution is 0.251. The molecule has 1 aliphatic rings. The molecule has 5 rings (SSSR count). The summed E-state index contributed by atoms with van der Waals surface area (Å²) in [6, 6.07) is 16.8. The van der Waals surface area contributed by atoms with Gasteiger partial charge in [-0.2, -0.15) is 4.98 Å². The third-order valence-corrected chi connectivity index (χ3v) is 6.90. The molecule has 2 amide bonds. The van der Waals surface area contributed by atoms with Gasteiger partial charge in [-0.3, -0.25) is 4.98 Å². The molecule has 212 valence electrons. The molecule has 0 saturated carbocycles. The van der Waals surface area contributed by atoms with Crippen molar-refractivity contribution in [1.29, 1.82) is 0 Å². The van der Waals surface area contributed by atoms with Gasteiger partial charge in [0.05, 0.1) is 19.0 Å². The predicted molar refractivity (Wildman–Crippen MR) is 163 cm³/mol. The molecule has 1 fully saturated rings. The van der Waals surface area contributed by atoms with E-state index in [4.69, 9.17) is 16.3 Å². The molecule has 0 spiro atoms. The van der Waals surface area contributed by atoms with Crippen molar-refractivity contribution in [2.24, 2.45) is 0 Å². The van der Waals surface area contributed by atoms with Crippen molar-refractivity contribution >= 4 is 52.1 Å². The standard InChI is InChI=1S/C29H32ClN9O2/c1-38-12-14-39(15-13-38)23-8-5-21(6-9-23)34-27-24(30)19-32-28(37-27)36-25-10-7-22(16-26(25)41-2)35-29(40)33-18-20-4-3-11-31-17-20/h3-11,16-17,19H,12-15,18H2,1-2H3,(H2,33,35,40)(H2,32,34,36,37). The summed E-state index contributed by atoms with van der Waals surface area (Å²) in [5, 5.41) is 12.4. The van der Waals surface area contributed by atoms with Crippen LogP contribution in [0.4, 0.5) is 39.3 Å². The summed E-state index contributed by atoms with van der Waals surface area (Å²) >= 11 is 6.41. The Bertz CT molecular complexity index is 1460. The number of nitrogens with one attached hydrogen (secondary N) is 4. The fourth-order valence-electron chi connectivity index (χ4n) is 4.32. The van der Waals surface area contributed by atoms with Crippen molar-refractivity contribution in [3.8, 4) is 5.75 Å². The number of pyridine rings is 1. The van der Waals surface area contributed by atoms with Gasteiger partial charge in [0, 0.05) is 68.2 Å². The van der Waals surface area contributed by atoms with Gasteiger partial charge in [0.25, 0.3) is 0 Å². The molecule has 0 atom stereocenters. The zero-order valence-electron chi connectivity index (χ0n) is 22.9. The first-order valence-corrected chi connectivity index (χ1v) is 13.6. The lowest BCUT2D eigenvalue weighted by atomic mass is 10.2. The number of hydrogen-bond acceptors (Lipinski definition) is 9. The van der Waals surface area contributed by atoms with Crippen LogP contribution in [-0.4, -0.2) is 66.2 Å². The summed E-state index contributed by atoms with van der Waals surface area (Å²) in [5.74, 6) is 1.31. The van der Waals surface area contributed by atoms with Crippen LogP contribution in [0.1, 0.15) is 5.56 Å². The summed E-state index contributed by atoms with van der Waals surface area (Å²) in [7, 11) is 3.70. The smallest absolute Gasteiger partial charge is 0.319 e. The topological polar surface area (TPSA) is 120 Å². The van der Waals surface area contributed by atoms with Crippen molar-refractivity contribution < 1.29 is 9.53 Å². The normalized spacial score (nSPS) is 13.4. The van der Waals surface area contributed by atoms with Crippen LogP contribution in [0.3, 0.4) is 0 Å². The van der Waals surface area contributed by atoms with Crippen LogP contribution in [0.15, 0.2) is 73.2 Å². The molecule has 0 unspecified atom stereocenters. The second kappa shape index (κ2) is 13.2. The highest BCUT2D eigenvalue weighted by molar-refractivity contribution is 6.32. The van der Waals surface area contributed by atoms with E-state index in [0.29, 0.717) is 40.5 Å². The molecular formula is C29H32ClN9O2. The maximum atomic E-state index is 12.3. The number of halogens is 1. The van der Waals surface area contributed by atoms with Crippen LogP contribution in [0.5, 0.6) is 5.75 Å². The number of methoxy groups -OCH3 is 1. The fraction of sp³-hybridized carbons (Fsp3) is 0.241. The van der Waals surface area contributed by atoms with Crippen molar-refractivity contribution in [3.63, 3.8) is 0 Å². The molecule has 2 aromatic carbocycles. The van der Waals surface area contributed by atoms with Gasteiger partial charge < -0.3 is 35.8 Å². The van der Waals surface area contributed by atoms with E-state index in [2.05, 4.69) is 65.2 Å². The summed E-state index contributed by atoms with van der Waals surface area (Å²) in [6.45, 7) is 4.49. The maximum Gasteiger partial charge on any atom is 0.319 e. The first-order chi connectivity index (χ1) is 20.0. The molecule has 11 nitrogen and oxygen atoms in total. The van der Waals surface area contributed by atoms with E-state index in [1.54, 1.807) is 37.7 Å². The van der Waals surface area contributed by atoms with E-state index in [-0.39, 0.29) is 6.03 Å². The zero-order chi connectivity index (χ0) is 28.6. The SMILES string of the molecule is COc1cc(NC(=O)NCc2cccnc2)ccc1Nc1ncc(Cl)c(Nc2ccc(N3CCN(C)CC3)cc2)n1. The van der Waals surface area contributed by atoms with E-state index in [9.17, 15) is 4.79 Å². The summed E-state index contributed by atoms with van der Waals surface area (Å²) < 4.78 is 5.54. The summed E-state index contributed by atoms with van der Waals surface area (Å²) in [5.41, 5.74) is 4.15. The molecule has 0 radical (unpaired) electrons. The monoisotopic (exact) mass is 573 g/mol. The van der Waals surface area contributed by atoms with Gasteiger partial charge in [0.2, 0.25) is 5.95 Å². The third kappa shape index (κ3) is 7.53. The summed E-state index contributed by atoms with van der Waals surface area (Å²) in [4.78, 5) is 30.0. The highest BCUT2D eigenvalue weighted by Crippen LogP contribution is 2.31. The minimum Gasteiger partial charge on any atom is -0.494 e. The Morgan fingerprint density at radius 3 is 2.51 bits per heavy atom. The largest absolute Gasteiger partial charge is 0.494 e. The molecule has 4 aromatic rings. The fourth-order valence-corrected chi connectivity index (χ4v) is 4.46. The molecule has 1 aliphatic heterocycles. The lowest BCUT2D eigenvalue weighted by Crippen LogP contribution is -2.44. The molecule has 0 aliphatic carbocycles. The lowest BCUT2D eigenvalue weighted by Gasteiger charge is -2.34. The molecule has 0 bridgehead atoms. The van der Waals surface area contributed by atoms with Crippen molar-refractivity contribution in [3.05, 3.63) is 83.8 Å². The van der Waals surface area contributed by atoms with Crippen LogP contribution < -0.4 is 30.9 Å². The highest BCUT2D eigenvalue weighted by atomic mass is 35.5. The molecule has 3 heterocycles. The quantitative estimate of drug-likeness (QED) is 0.217. The van der Waals surface area contributed by atoms with Crippen LogP contribution in [0.25, 0.3) is 0 Å². The Hall–Kier alpha value is -4.61. The van der Waals surface area contributed by atoms with E-state index in [0.717, 1.165) is 37.4 Å². The minimum absolute atomic E-state index is 0.333. The second-order valence-corrected chi connectivity index (χ2v) is 9.97. The first-order valence-electron chi connectivity index (χ1n) is 13.2. The van der Waals surface area contributed by atoms with Crippen molar-refractivity contribution in [2.45, 2.75) is 6.54 Å². The number of carbonyl (C=O) groups is 1. The first kappa shape index (κ1) is 27.9. The van der Waals surface area contributed by atoms with Crippen LogP contribution in [0, 0.1) is 0 Å². The average Bonchev–Trinajstić information content (AvgIpc) is 3.00. The van der Waals surface area contributed by atoms with Gasteiger partial charge in [-0.05, 0) is 55.1 Å². The Morgan fingerprint density at radius 1 is 1.00 bits per heavy atom. The van der Waals surface area contributed by atoms with Gasteiger partial charge in [-0.1, -0.05) is 17.7 Å². The van der Waals surface area contributed by atoms with Gasteiger partial charge in [-0.15, -0.1) is 0 Å². The number of benzene rings is 2. The van der Waals surface area contributed by atoms with Crippen LogP contribution >= 0.6 is 11.6 Å². The van der Waals surface area contributed by atoms with E-state index < -0.39 is 0 Å². The third-order valence-electron chi connectivity index (χ3n) is 6.62. The number of ether oxygens (including phenoxy) is 1. The maximum absolute atomic E-state index is 12.3. The molecule has 12 heteroatoms. The number of rotatable bonds is 9. The number of aromatic nitrogens is 3. The van der Waals surface area contributed by atoms with Crippen LogP contribution in [0.2, 0.25) is 5.02 Å². The Kier molecular flexibility index (Phi) is 8.97. The highest BCUT2D eigenvalue weighted by Gasteiger charge is 2.15. The molecule has 2 aromatic heterocycles.